The minimum Gasteiger partial charge on any atom is -0.455 e. The molecule has 0 aromatic heterocycles. The molecule has 0 aliphatic carbocycles. The molecule has 6 nitrogen and oxygen atoms in total. The summed E-state index contributed by atoms with van der Waals surface area (Å²) >= 11 is 4.63. The van der Waals surface area contributed by atoms with Crippen LogP contribution in [0, 0.1) is 0 Å². The van der Waals surface area contributed by atoms with Crippen molar-refractivity contribution in [2.24, 2.45) is 0 Å². The molecule has 0 radical (unpaired) electrons. The zero-order valence-corrected chi connectivity index (χ0v) is 14.5. The van der Waals surface area contributed by atoms with E-state index in [1.165, 1.54) is 11.8 Å². The summed E-state index contributed by atoms with van der Waals surface area (Å²) in [5.74, 6) is -1.08. The second kappa shape index (κ2) is 10.2. The Labute approximate surface area is 141 Å². The summed E-state index contributed by atoms with van der Waals surface area (Å²) in [5, 5.41) is 4.55. The van der Waals surface area contributed by atoms with Crippen molar-refractivity contribution in [2.45, 2.75) is 18.2 Å². The monoisotopic (exact) mass is 388 g/mol. The quantitative estimate of drug-likeness (QED) is 0.552. The van der Waals surface area contributed by atoms with E-state index in [-0.39, 0.29) is 5.75 Å². The van der Waals surface area contributed by atoms with Crippen LogP contribution < -0.4 is 10.6 Å². The lowest BCUT2D eigenvalue weighted by Crippen LogP contribution is -2.41. The molecular weight excluding hydrogens is 372 g/mol. The van der Waals surface area contributed by atoms with Gasteiger partial charge in [-0.15, -0.1) is 11.8 Å². The van der Waals surface area contributed by atoms with Crippen LogP contribution in [0.3, 0.4) is 0 Å². The molecule has 22 heavy (non-hydrogen) atoms. The molecule has 8 heteroatoms. The molecule has 1 rings (SSSR count). The van der Waals surface area contributed by atoms with Crippen LogP contribution in [0.5, 0.6) is 0 Å². The lowest BCUT2D eigenvalue weighted by molar-refractivity contribution is -0.145. The Kier molecular flexibility index (Phi) is 8.61. The van der Waals surface area contributed by atoms with Gasteiger partial charge >= 0.3 is 12.0 Å². The maximum Gasteiger partial charge on any atom is 0.321 e. The first-order valence-corrected chi connectivity index (χ1v) is 8.40. The molecule has 0 saturated heterocycles. The van der Waals surface area contributed by atoms with Gasteiger partial charge in [0.2, 0.25) is 0 Å². The number of carbonyl (C=O) groups is 3. The van der Waals surface area contributed by atoms with Gasteiger partial charge in [-0.05, 0) is 30.7 Å². The number of benzene rings is 1. The molecule has 0 fully saturated rings. The first kappa shape index (κ1) is 18.5. The van der Waals surface area contributed by atoms with Gasteiger partial charge in [-0.2, -0.15) is 0 Å². The van der Waals surface area contributed by atoms with Crippen LogP contribution >= 0.6 is 27.7 Å². The number of esters is 1. The number of urea groups is 1. The van der Waals surface area contributed by atoms with Crippen LogP contribution in [-0.2, 0) is 14.3 Å². The van der Waals surface area contributed by atoms with Crippen molar-refractivity contribution < 1.29 is 19.1 Å². The van der Waals surface area contributed by atoms with Crippen LogP contribution in [0.1, 0.15) is 13.3 Å². The summed E-state index contributed by atoms with van der Waals surface area (Å²) in [6, 6.07) is 6.89. The van der Waals surface area contributed by atoms with E-state index in [1.54, 1.807) is 0 Å². The SMILES string of the molecule is CCCNC(=O)NC(=O)COC(=O)CSc1ccc(Br)cc1. The van der Waals surface area contributed by atoms with Crippen molar-refractivity contribution in [1.82, 2.24) is 10.6 Å². The maximum atomic E-state index is 11.5. The highest BCUT2D eigenvalue weighted by Gasteiger charge is 2.10. The van der Waals surface area contributed by atoms with Gasteiger partial charge in [-0.25, -0.2) is 4.79 Å². The van der Waals surface area contributed by atoms with E-state index in [4.69, 9.17) is 4.74 Å². The Hall–Kier alpha value is -1.54. The molecule has 0 saturated carbocycles. The van der Waals surface area contributed by atoms with Crippen molar-refractivity contribution in [3.8, 4) is 0 Å². The van der Waals surface area contributed by atoms with Gasteiger partial charge in [-0.1, -0.05) is 22.9 Å². The van der Waals surface area contributed by atoms with Crippen molar-refractivity contribution in [3.63, 3.8) is 0 Å². The zero-order chi connectivity index (χ0) is 16.4. The number of amides is 3. The van der Waals surface area contributed by atoms with Crippen molar-refractivity contribution in [3.05, 3.63) is 28.7 Å². The molecule has 0 bridgehead atoms. The third kappa shape index (κ3) is 8.04. The second-order valence-corrected chi connectivity index (χ2v) is 6.17. The summed E-state index contributed by atoms with van der Waals surface area (Å²) in [6.07, 6.45) is 0.768. The molecule has 1 aromatic carbocycles. The van der Waals surface area contributed by atoms with Crippen LogP contribution in [0.15, 0.2) is 33.6 Å². The summed E-state index contributed by atoms with van der Waals surface area (Å²) in [6.45, 7) is 1.90. The largest absolute Gasteiger partial charge is 0.455 e. The average Bonchev–Trinajstić information content (AvgIpc) is 2.50. The maximum absolute atomic E-state index is 11.5. The third-order valence-corrected chi connectivity index (χ3v) is 3.84. The number of hydrogen-bond acceptors (Lipinski definition) is 5. The van der Waals surface area contributed by atoms with E-state index in [2.05, 4.69) is 26.6 Å². The van der Waals surface area contributed by atoms with Gasteiger partial charge in [0.1, 0.15) is 0 Å². The normalized spacial score (nSPS) is 9.91. The molecule has 3 amide bonds. The number of rotatable bonds is 7. The van der Waals surface area contributed by atoms with E-state index in [0.717, 1.165) is 15.8 Å². The number of nitrogens with one attached hydrogen (secondary N) is 2. The number of thioether (sulfide) groups is 1. The molecule has 0 unspecified atom stereocenters. The fourth-order valence-corrected chi connectivity index (χ4v) is 2.27. The molecule has 0 heterocycles. The molecule has 120 valence electrons. The fourth-order valence-electron chi connectivity index (χ4n) is 1.31. The predicted molar refractivity (Wildman–Crippen MR) is 87.7 cm³/mol. The summed E-state index contributed by atoms with van der Waals surface area (Å²) in [7, 11) is 0. The molecule has 2 N–H and O–H groups in total. The second-order valence-electron chi connectivity index (χ2n) is 4.21. The van der Waals surface area contributed by atoms with Crippen molar-refractivity contribution in [1.29, 1.82) is 0 Å². The topological polar surface area (TPSA) is 84.5 Å². The van der Waals surface area contributed by atoms with Crippen LogP contribution in [-0.4, -0.2) is 36.8 Å². The number of halogens is 1. The summed E-state index contributed by atoms with van der Waals surface area (Å²) in [4.78, 5) is 35.0. The fraction of sp³-hybridized carbons (Fsp3) is 0.357. The average molecular weight is 389 g/mol. The van der Waals surface area contributed by atoms with Crippen LogP contribution in [0.2, 0.25) is 0 Å². The van der Waals surface area contributed by atoms with E-state index in [9.17, 15) is 14.4 Å². The molecule has 0 atom stereocenters. The van der Waals surface area contributed by atoms with Gasteiger partial charge < -0.3 is 10.1 Å². The number of carbonyl (C=O) groups excluding carboxylic acids is 3. The Morgan fingerprint density at radius 1 is 1.23 bits per heavy atom. The van der Waals surface area contributed by atoms with Crippen molar-refractivity contribution in [2.75, 3.05) is 18.9 Å². The Morgan fingerprint density at radius 3 is 2.55 bits per heavy atom. The minimum absolute atomic E-state index is 0.0942. The summed E-state index contributed by atoms with van der Waals surface area (Å²) < 4.78 is 5.75. The standard InChI is InChI=1S/C14H17BrN2O4S/c1-2-7-16-14(20)17-12(18)8-21-13(19)9-22-11-5-3-10(15)4-6-11/h3-6H,2,7-9H2,1H3,(H2,16,17,18,20). The molecule has 0 aliphatic heterocycles. The predicted octanol–water partition coefficient (Wildman–Crippen LogP) is 2.32. The van der Waals surface area contributed by atoms with Crippen LogP contribution in [0.4, 0.5) is 4.79 Å². The van der Waals surface area contributed by atoms with Gasteiger partial charge in [0, 0.05) is 15.9 Å². The Morgan fingerprint density at radius 2 is 1.91 bits per heavy atom. The van der Waals surface area contributed by atoms with Crippen LogP contribution in [0.25, 0.3) is 0 Å². The first-order valence-electron chi connectivity index (χ1n) is 6.63. The Balaban J connectivity index is 2.21. The highest BCUT2D eigenvalue weighted by molar-refractivity contribution is 9.10. The number of hydrogen-bond donors (Lipinski definition) is 2. The highest BCUT2D eigenvalue weighted by atomic mass is 79.9. The van der Waals surface area contributed by atoms with Gasteiger partial charge in [0.15, 0.2) is 6.61 Å². The molecular formula is C14H17BrN2O4S. The summed E-state index contributed by atoms with van der Waals surface area (Å²) in [5.41, 5.74) is 0. The van der Waals surface area contributed by atoms with E-state index in [0.29, 0.717) is 6.54 Å². The van der Waals surface area contributed by atoms with Gasteiger partial charge in [0.25, 0.3) is 5.91 Å². The van der Waals surface area contributed by atoms with Gasteiger partial charge in [0.05, 0.1) is 5.75 Å². The van der Waals surface area contributed by atoms with Crippen molar-refractivity contribution >= 4 is 45.6 Å². The van der Waals surface area contributed by atoms with Gasteiger partial charge in [-0.3, -0.25) is 14.9 Å². The lowest BCUT2D eigenvalue weighted by Gasteiger charge is -2.06. The molecule has 0 aliphatic rings. The lowest BCUT2D eigenvalue weighted by atomic mass is 10.4. The molecule has 0 spiro atoms. The number of ether oxygens (including phenoxy) is 1. The number of imide groups is 1. The zero-order valence-electron chi connectivity index (χ0n) is 12.1. The highest BCUT2D eigenvalue weighted by Crippen LogP contribution is 2.20. The smallest absolute Gasteiger partial charge is 0.321 e. The van der Waals surface area contributed by atoms with E-state index >= 15 is 0 Å². The van der Waals surface area contributed by atoms with E-state index in [1.807, 2.05) is 31.2 Å². The first-order chi connectivity index (χ1) is 10.5. The Bertz CT molecular complexity index is 522. The minimum atomic E-state index is -0.657. The third-order valence-electron chi connectivity index (χ3n) is 2.32. The molecule has 1 aromatic rings. The van der Waals surface area contributed by atoms with E-state index < -0.39 is 24.5 Å².